The van der Waals surface area contributed by atoms with Gasteiger partial charge in [0.25, 0.3) is 17.2 Å². The number of amides is 2. The molecular formula is C16H16N4O7. The van der Waals surface area contributed by atoms with Crippen molar-refractivity contribution in [2.24, 2.45) is 5.73 Å². The van der Waals surface area contributed by atoms with Gasteiger partial charge in [0.15, 0.2) is 0 Å². The number of ether oxygens (including phenoxy) is 2. The van der Waals surface area contributed by atoms with E-state index in [9.17, 15) is 24.5 Å². The lowest BCUT2D eigenvalue weighted by Gasteiger charge is -2.12. The van der Waals surface area contributed by atoms with Crippen LogP contribution < -0.4 is 26.1 Å². The number of carbonyl (C=O) groups excluding carboxylic acids is 2. The summed E-state index contributed by atoms with van der Waals surface area (Å²) in [7, 11) is 2.85. The summed E-state index contributed by atoms with van der Waals surface area (Å²) >= 11 is 0. The van der Waals surface area contributed by atoms with Gasteiger partial charge in [-0.2, -0.15) is 0 Å². The van der Waals surface area contributed by atoms with Crippen LogP contribution in [0, 0.1) is 10.1 Å². The summed E-state index contributed by atoms with van der Waals surface area (Å²) < 4.78 is 10.9. The van der Waals surface area contributed by atoms with Crippen LogP contribution in [0.3, 0.4) is 0 Å². The second kappa shape index (κ2) is 7.99. The zero-order valence-corrected chi connectivity index (χ0v) is 14.4. The summed E-state index contributed by atoms with van der Waals surface area (Å²) in [6.07, 6.45) is 0.858. The van der Waals surface area contributed by atoms with E-state index in [1.807, 2.05) is 0 Å². The number of nitrogens with one attached hydrogen (secondary N) is 1. The number of benzene rings is 1. The van der Waals surface area contributed by atoms with Gasteiger partial charge in [0, 0.05) is 12.1 Å². The fourth-order valence-corrected chi connectivity index (χ4v) is 2.27. The first-order chi connectivity index (χ1) is 12.8. The zero-order chi connectivity index (χ0) is 20.1. The lowest BCUT2D eigenvalue weighted by molar-refractivity contribution is -0.385. The number of aromatic nitrogens is 1. The first-order valence-electron chi connectivity index (χ1n) is 7.47. The molecule has 0 bridgehead atoms. The average molecular weight is 376 g/mol. The molecule has 0 saturated carbocycles. The Morgan fingerprint density at radius 1 is 1.26 bits per heavy atom. The highest BCUT2D eigenvalue weighted by atomic mass is 16.6. The molecule has 0 aliphatic carbocycles. The maximum Gasteiger partial charge on any atom is 0.286 e. The van der Waals surface area contributed by atoms with E-state index >= 15 is 0 Å². The van der Waals surface area contributed by atoms with Crippen molar-refractivity contribution >= 4 is 23.2 Å². The maximum absolute atomic E-state index is 12.3. The van der Waals surface area contributed by atoms with E-state index in [0.717, 1.165) is 16.8 Å². The quantitative estimate of drug-likeness (QED) is 0.526. The van der Waals surface area contributed by atoms with Gasteiger partial charge in [0.2, 0.25) is 5.91 Å². The molecule has 0 atom stereocenters. The first-order valence-corrected chi connectivity index (χ1v) is 7.47. The molecule has 0 aliphatic rings. The molecule has 0 radical (unpaired) electrons. The number of carbonyl (C=O) groups is 2. The van der Waals surface area contributed by atoms with E-state index in [2.05, 4.69) is 5.32 Å². The van der Waals surface area contributed by atoms with Gasteiger partial charge < -0.3 is 20.5 Å². The van der Waals surface area contributed by atoms with Gasteiger partial charge >= 0.3 is 0 Å². The minimum absolute atomic E-state index is 0.274. The summed E-state index contributed by atoms with van der Waals surface area (Å²) in [5.41, 5.74) is 3.30. The predicted octanol–water partition coefficient (Wildman–Crippen LogP) is 0.511. The van der Waals surface area contributed by atoms with Gasteiger partial charge in [-0.15, -0.1) is 0 Å². The molecule has 0 unspecified atom stereocenters. The summed E-state index contributed by atoms with van der Waals surface area (Å²) in [6.45, 7) is -0.582. The molecule has 2 amide bonds. The first kappa shape index (κ1) is 19.4. The molecule has 3 N–H and O–H groups in total. The molecule has 1 aromatic heterocycles. The van der Waals surface area contributed by atoms with Crippen molar-refractivity contribution in [3.05, 3.63) is 56.5 Å². The highest BCUT2D eigenvalue weighted by Crippen LogP contribution is 2.28. The number of nitro groups is 1. The topological polar surface area (TPSA) is 156 Å². The number of pyridine rings is 1. The predicted molar refractivity (Wildman–Crippen MR) is 94.1 cm³/mol. The van der Waals surface area contributed by atoms with Gasteiger partial charge in [-0.25, -0.2) is 0 Å². The van der Waals surface area contributed by atoms with Gasteiger partial charge in [0.1, 0.15) is 23.6 Å². The summed E-state index contributed by atoms with van der Waals surface area (Å²) in [5, 5.41) is 13.5. The van der Waals surface area contributed by atoms with Crippen LogP contribution in [-0.4, -0.2) is 35.5 Å². The van der Waals surface area contributed by atoms with Crippen molar-refractivity contribution in [1.29, 1.82) is 0 Å². The van der Waals surface area contributed by atoms with Crippen LogP contribution in [0.1, 0.15) is 10.4 Å². The molecule has 1 heterocycles. The van der Waals surface area contributed by atoms with Crippen molar-refractivity contribution in [3.8, 4) is 11.5 Å². The molecule has 11 heteroatoms. The van der Waals surface area contributed by atoms with Crippen LogP contribution in [0.2, 0.25) is 0 Å². The van der Waals surface area contributed by atoms with Gasteiger partial charge in [-0.05, 0) is 12.1 Å². The number of methoxy groups -OCH3 is 2. The molecule has 2 rings (SSSR count). The van der Waals surface area contributed by atoms with Crippen molar-refractivity contribution in [3.63, 3.8) is 0 Å². The molecular weight excluding hydrogens is 360 g/mol. The summed E-state index contributed by atoms with van der Waals surface area (Å²) in [4.78, 5) is 46.0. The van der Waals surface area contributed by atoms with E-state index in [-0.39, 0.29) is 5.69 Å². The van der Waals surface area contributed by atoms with Gasteiger partial charge in [0.05, 0.1) is 31.0 Å². The second-order valence-corrected chi connectivity index (χ2v) is 5.28. The Kier molecular flexibility index (Phi) is 5.75. The van der Waals surface area contributed by atoms with E-state index < -0.39 is 40.1 Å². The summed E-state index contributed by atoms with van der Waals surface area (Å²) in [6, 6.07) is 5.46. The van der Waals surface area contributed by atoms with E-state index in [0.29, 0.717) is 11.5 Å². The third-order valence-corrected chi connectivity index (χ3v) is 3.54. The van der Waals surface area contributed by atoms with Crippen molar-refractivity contribution in [1.82, 2.24) is 4.57 Å². The molecule has 2 aromatic rings. The van der Waals surface area contributed by atoms with Crippen molar-refractivity contribution in [2.45, 2.75) is 6.54 Å². The minimum atomic E-state index is -1.13. The van der Waals surface area contributed by atoms with Crippen LogP contribution in [0.4, 0.5) is 11.4 Å². The number of primary amides is 1. The molecule has 1 aromatic carbocycles. The Balaban J connectivity index is 2.35. The zero-order valence-electron chi connectivity index (χ0n) is 14.4. The van der Waals surface area contributed by atoms with Crippen molar-refractivity contribution in [2.75, 3.05) is 19.5 Å². The monoisotopic (exact) mass is 376 g/mol. The number of hydrogen-bond donors (Lipinski definition) is 2. The maximum atomic E-state index is 12.3. The smallest absolute Gasteiger partial charge is 0.286 e. The van der Waals surface area contributed by atoms with Crippen LogP contribution in [0.25, 0.3) is 0 Å². The third-order valence-electron chi connectivity index (χ3n) is 3.54. The minimum Gasteiger partial charge on any atom is -0.497 e. The van der Waals surface area contributed by atoms with Crippen LogP contribution in [-0.2, 0) is 11.3 Å². The molecule has 142 valence electrons. The van der Waals surface area contributed by atoms with Crippen LogP contribution in [0.5, 0.6) is 11.5 Å². The molecule has 0 spiro atoms. The van der Waals surface area contributed by atoms with E-state index in [4.69, 9.17) is 15.2 Å². The number of hydrogen-bond acceptors (Lipinski definition) is 7. The molecule has 11 nitrogen and oxygen atoms in total. The average Bonchev–Trinajstić information content (AvgIpc) is 2.62. The lowest BCUT2D eigenvalue weighted by Crippen LogP contribution is -2.33. The Morgan fingerprint density at radius 3 is 2.52 bits per heavy atom. The molecule has 0 fully saturated rings. The Hall–Kier alpha value is -3.89. The normalized spacial score (nSPS) is 10.1. The molecule has 27 heavy (non-hydrogen) atoms. The number of nitrogens with two attached hydrogens (primary N) is 1. The SMILES string of the molecule is COc1ccc(OC)c(NC(=O)Cn2cc([N+](=O)[O-])cc(C(N)=O)c2=O)c1. The Morgan fingerprint density at radius 2 is 1.96 bits per heavy atom. The van der Waals surface area contributed by atoms with Crippen LogP contribution in [0.15, 0.2) is 35.3 Å². The highest BCUT2D eigenvalue weighted by molar-refractivity contribution is 5.94. The third kappa shape index (κ3) is 4.39. The standard InChI is InChI=1S/C16H16N4O7/c1-26-10-3-4-13(27-2)12(6-10)18-14(21)8-19-7-9(20(24)25)5-11(15(17)22)16(19)23/h3-7H,8H2,1-2H3,(H2,17,22)(H,18,21). The Bertz CT molecular complexity index is 968. The summed E-state index contributed by atoms with van der Waals surface area (Å²) in [5.74, 6) is -1.02. The van der Waals surface area contributed by atoms with Crippen LogP contribution >= 0.6 is 0 Å². The fraction of sp³-hybridized carbons (Fsp3) is 0.188. The highest BCUT2D eigenvalue weighted by Gasteiger charge is 2.19. The van der Waals surface area contributed by atoms with Gasteiger partial charge in [-0.3, -0.25) is 29.1 Å². The van der Waals surface area contributed by atoms with Crippen molar-refractivity contribution < 1.29 is 24.0 Å². The largest absolute Gasteiger partial charge is 0.497 e. The second-order valence-electron chi connectivity index (χ2n) is 5.28. The fourth-order valence-electron chi connectivity index (χ4n) is 2.27. The number of anilines is 1. The van der Waals surface area contributed by atoms with E-state index in [1.165, 1.54) is 20.3 Å². The number of nitrogens with zero attached hydrogens (tertiary/aromatic N) is 2. The Labute approximate surface area is 152 Å². The molecule has 0 saturated heterocycles. The lowest BCUT2D eigenvalue weighted by atomic mass is 10.2. The number of rotatable bonds is 7. The molecule has 0 aliphatic heterocycles. The van der Waals surface area contributed by atoms with Gasteiger partial charge in [-0.1, -0.05) is 0 Å². The van der Waals surface area contributed by atoms with E-state index in [1.54, 1.807) is 12.1 Å².